The lowest BCUT2D eigenvalue weighted by Crippen LogP contribution is -2.12. The Labute approximate surface area is 124 Å². The van der Waals surface area contributed by atoms with E-state index in [1.165, 1.54) is 6.07 Å². The van der Waals surface area contributed by atoms with Crippen LogP contribution in [0.4, 0.5) is 5.69 Å². The van der Waals surface area contributed by atoms with Gasteiger partial charge in [0.15, 0.2) is 0 Å². The highest BCUT2D eigenvalue weighted by Crippen LogP contribution is 2.24. The summed E-state index contributed by atoms with van der Waals surface area (Å²) < 4.78 is 0.744. The summed E-state index contributed by atoms with van der Waals surface area (Å²) >= 11 is 4.88. The van der Waals surface area contributed by atoms with Crippen molar-refractivity contribution in [1.29, 1.82) is 0 Å². The van der Waals surface area contributed by atoms with E-state index in [1.807, 2.05) is 30.5 Å². The van der Waals surface area contributed by atoms with Crippen LogP contribution in [0.25, 0.3) is 0 Å². The molecule has 0 saturated carbocycles. The number of carbonyl (C=O) groups is 1. The lowest BCUT2D eigenvalue weighted by atomic mass is 10.2. The molecule has 5 heteroatoms. The molecule has 0 unspecified atom stereocenters. The van der Waals surface area contributed by atoms with E-state index in [0.29, 0.717) is 5.69 Å². The first-order chi connectivity index (χ1) is 9.10. The quantitative estimate of drug-likeness (QED) is 0.828. The SMILES string of the molecule is CSc1cccc(NC(=O)c2cc(Br)ccc2O)c1. The zero-order valence-electron chi connectivity index (χ0n) is 10.2. The highest BCUT2D eigenvalue weighted by atomic mass is 79.9. The van der Waals surface area contributed by atoms with Gasteiger partial charge < -0.3 is 10.4 Å². The van der Waals surface area contributed by atoms with Crippen LogP contribution in [-0.2, 0) is 0 Å². The number of phenolic OH excluding ortho intramolecular Hbond substituents is 1. The molecule has 3 nitrogen and oxygen atoms in total. The second-order valence-electron chi connectivity index (χ2n) is 3.85. The second kappa shape index (κ2) is 6.12. The van der Waals surface area contributed by atoms with Gasteiger partial charge in [-0.3, -0.25) is 4.79 Å². The van der Waals surface area contributed by atoms with Crippen LogP contribution in [0.2, 0.25) is 0 Å². The van der Waals surface area contributed by atoms with E-state index in [0.717, 1.165) is 9.37 Å². The minimum atomic E-state index is -0.336. The molecule has 0 aliphatic carbocycles. The Hall–Kier alpha value is -1.46. The lowest BCUT2D eigenvalue weighted by molar-refractivity contribution is 0.102. The maximum atomic E-state index is 12.1. The van der Waals surface area contributed by atoms with Crippen molar-refractivity contribution in [2.24, 2.45) is 0 Å². The number of anilines is 1. The molecule has 0 aromatic heterocycles. The number of rotatable bonds is 3. The van der Waals surface area contributed by atoms with Gasteiger partial charge in [0.05, 0.1) is 5.56 Å². The van der Waals surface area contributed by atoms with Gasteiger partial charge in [0, 0.05) is 15.1 Å². The molecular formula is C14H12BrNO2S. The predicted octanol–water partition coefficient (Wildman–Crippen LogP) is 4.13. The number of thioether (sulfide) groups is 1. The topological polar surface area (TPSA) is 49.3 Å². The molecule has 98 valence electrons. The van der Waals surface area contributed by atoms with E-state index in [1.54, 1.807) is 23.9 Å². The van der Waals surface area contributed by atoms with Gasteiger partial charge in [-0.1, -0.05) is 22.0 Å². The van der Waals surface area contributed by atoms with E-state index < -0.39 is 0 Å². The zero-order chi connectivity index (χ0) is 13.8. The summed E-state index contributed by atoms with van der Waals surface area (Å²) in [6.45, 7) is 0. The minimum absolute atomic E-state index is 0.0401. The summed E-state index contributed by atoms with van der Waals surface area (Å²) in [6, 6.07) is 12.3. The van der Waals surface area contributed by atoms with Gasteiger partial charge in [-0.05, 0) is 42.7 Å². The predicted molar refractivity (Wildman–Crippen MR) is 82.0 cm³/mol. The van der Waals surface area contributed by atoms with Gasteiger partial charge in [-0.15, -0.1) is 11.8 Å². The maximum Gasteiger partial charge on any atom is 0.259 e. The number of hydrogen-bond acceptors (Lipinski definition) is 3. The van der Waals surface area contributed by atoms with Gasteiger partial charge in [-0.25, -0.2) is 0 Å². The summed E-state index contributed by atoms with van der Waals surface area (Å²) in [6.07, 6.45) is 1.97. The van der Waals surface area contributed by atoms with Crippen molar-refractivity contribution in [3.05, 3.63) is 52.5 Å². The van der Waals surface area contributed by atoms with Crippen LogP contribution >= 0.6 is 27.7 Å². The van der Waals surface area contributed by atoms with Gasteiger partial charge >= 0.3 is 0 Å². The van der Waals surface area contributed by atoms with E-state index >= 15 is 0 Å². The van der Waals surface area contributed by atoms with Crippen LogP contribution < -0.4 is 5.32 Å². The molecule has 2 rings (SSSR count). The smallest absolute Gasteiger partial charge is 0.259 e. The normalized spacial score (nSPS) is 10.2. The molecule has 2 aromatic rings. The number of amides is 1. The molecule has 19 heavy (non-hydrogen) atoms. The molecule has 0 bridgehead atoms. The Morgan fingerprint density at radius 2 is 2.05 bits per heavy atom. The molecule has 0 radical (unpaired) electrons. The first-order valence-corrected chi connectivity index (χ1v) is 7.56. The molecule has 0 fully saturated rings. The Morgan fingerprint density at radius 1 is 1.26 bits per heavy atom. The number of nitrogens with one attached hydrogen (secondary N) is 1. The van der Waals surface area contributed by atoms with Crippen LogP contribution in [0, 0.1) is 0 Å². The summed E-state index contributed by atoms with van der Waals surface area (Å²) in [5.41, 5.74) is 0.945. The molecule has 0 saturated heterocycles. The average molecular weight is 338 g/mol. The third kappa shape index (κ3) is 3.52. The third-order valence-corrected chi connectivity index (χ3v) is 3.75. The van der Waals surface area contributed by atoms with Crippen molar-refractivity contribution in [2.75, 3.05) is 11.6 Å². The van der Waals surface area contributed by atoms with Crippen molar-refractivity contribution >= 4 is 39.3 Å². The summed E-state index contributed by atoms with van der Waals surface area (Å²) in [5, 5.41) is 12.5. The van der Waals surface area contributed by atoms with Crippen LogP contribution in [0.1, 0.15) is 10.4 Å². The second-order valence-corrected chi connectivity index (χ2v) is 5.64. The fourth-order valence-corrected chi connectivity index (χ4v) is 2.41. The highest BCUT2D eigenvalue weighted by molar-refractivity contribution is 9.10. The van der Waals surface area contributed by atoms with E-state index in [9.17, 15) is 9.90 Å². The number of phenols is 1. The number of aromatic hydroxyl groups is 1. The largest absolute Gasteiger partial charge is 0.507 e. The molecule has 2 N–H and O–H groups in total. The number of benzene rings is 2. The number of halogens is 1. The van der Waals surface area contributed by atoms with Crippen molar-refractivity contribution in [3.8, 4) is 5.75 Å². The lowest BCUT2D eigenvalue weighted by Gasteiger charge is -2.08. The van der Waals surface area contributed by atoms with E-state index in [-0.39, 0.29) is 17.2 Å². The number of hydrogen-bond donors (Lipinski definition) is 2. The summed E-state index contributed by atoms with van der Waals surface area (Å²) in [5.74, 6) is -0.376. The summed E-state index contributed by atoms with van der Waals surface area (Å²) in [4.78, 5) is 13.2. The molecule has 0 aliphatic heterocycles. The highest BCUT2D eigenvalue weighted by Gasteiger charge is 2.11. The van der Waals surface area contributed by atoms with Gasteiger partial charge in [0.25, 0.3) is 5.91 Å². The standard InChI is InChI=1S/C14H12BrNO2S/c1-19-11-4-2-3-10(8-11)16-14(18)12-7-9(15)5-6-13(12)17/h2-8,17H,1H3,(H,16,18). The van der Waals surface area contributed by atoms with Crippen LogP contribution in [0.15, 0.2) is 51.8 Å². The van der Waals surface area contributed by atoms with E-state index in [2.05, 4.69) is 21.2 Å². The van der Waals surface area contributed by atoms with Crippen LogP contribution in [0.5, 0.6) is 5.75 Å². The van der Waals surface area contributed by atoms with Crippen molar-refractivity contribution < 1.29 is 9.90 Å². The molecule has 0 heterocycles. The fraction of sp³-hybridized carbons (Fsp3) is 0.0714. The molecule has 0 aliphatic rings. The van der Waals surface area contributed by atoms with Gasteiger partial charge in [0.2, 0.25) is 0 Å². The summed E-state index contributed by atoms with van der Waals surface area (Å²) in [7, 11) is 0. The Balaban J connectivity index is 2.23. The van der Waals surface area contributed by atoms with Gasteiger partial charge in [0.1, 0.15) is 5.75 Å². The minimum Gasteiger partial charge on any atom is -0.507 e. The van der Waals surface area contributed by atoms with Crippen molar-refractivity contribution in [3.63, 3.8) is 0 Å². The molecule has 0 atom stereocenters. The van der Waals surface area contributed by atoms with Crippen LogP contribution in [-0.4, -0.2) is 17.3 Å². The van der Waals surface area contributed by atoms with Crippen molar-refractivity contribution in [1.82, 2.24) is 0 Å². The average Bonchev–Trinajstić information content (AvgIpc) is 2.41. The first kappa shape index (κ1) is 14.0. The van der Waals surface area contributed by atoms with Crippen molar-refractivity contribution in [2.45, 2.75) is 4.90 Å². The monoisotopic (exact) mass is 337 g/mol. The Morgan fingerprint density at radius 3 is 2.79 bits per heavy atom. The van der Waals surface area contributed by atoms with Gasteiger partial charge in [-0.2, -0.15) is 0 Å². The van der Waals surface area contributed by atoms with Crippen LogP contribution in [0.3, 0.4) is 0 Å². The first-order valence-electron chi connectivity index (χ1n) is 5.54. The third-order valence-electron chi connectivity index (χ3n) is 2.53. The molecule has 0 spiro atoms. The Kier molecular flexibility index (Phi) is 4.50. The molecule has 2 aromatic carbocycles. The molecule has 1 amide bonds. The maximum absolute atomic E-state index is 12.1. The van der Waals surface area contributed by atoms with E-state index in [4.69, 9.17) is 0 Å². The fourth-order valence-electron chi connectivity index (χ4n) is 1.59. The Bertz CT molecular complexity index is 616. The molecular weight excluding hydrogens is 326 g/mol. The zero-order valence-corrected chi connectivity index (χ0v) is 12.6. The number of carbonyl (C=O) groups excluding carboxylic acids is 1.